The van der Waals surface area contributed by atoms with E-state index in [4.69, 9.17) is 84.2 Å². The molecule has 0 atom stereocenters. The maximum absolute atomic E-state index is 13.0. The zero-order valence-electron chi connectivity index (χ0n) is 72.1. The predicted octanol–water partition coefficient (Wildman–Crippen LogP) is 24.0. The summed E-state index contributed by atoms with van der Waals surface area (Å²) in [5.74, 6) is 7.06. The van der Waals surface area contributed by atoms with Crippen molar-refractivity contribution in [3.05, 3.63) is 320 Å². The van der Waals surface area contributed by atoms with Crippen LogP contribution in [-0.4, -0.2) is 145 Å². The molecule has 1 aliphatic heterocycles. The van der Waals surface area contributed by atoms with Crippen molar-refractivity contribution in [2.75, 3.05) is 40.0 Å². The Kier molecular flexibility index (Phi) is 27.7. The molecule has 23 nitrogen and oxygen atoms in total. The van der Waals surface area contributed by atoms with Crippen LogP contribution in [0, 0.1) is 11.8 Å². The number of hydrogen-bond donors (Lipinski definition) is 0. The summed E-state index contributed by atoms with van der Waals surface area (Å²) in [6.07, 6.45) is -3.64. The number of morpholine rings is 1. The Balaban J connectivity index is 0.000000116. The second-order valence-corrected chi connectivity index (χ2v) is 32.8. The number of alkyl halides is 3. The highest BCUT2D eigenvalue weighted by atomic mass is 35.5. The van der Waals surface area contributed by atoms with Gasteiger partial charge in [-0.3, -0.25) is 4.90 Å². The highest BCUT2D eigenvalue weighted by Crippen LogP contribution is 2.45. The van der Waals surface area contributed by atoms with Crippen LogP contribution in [0.15, 0.2) is 279 Å². The van der Waals surface area contributed by atoms with E-state index in [1.54, 1.807) is 32.9 Å². The van der Waals surface area contributed by atoms with Crippen LogP contribution >= 0.6 is 69.6 Å². The van der Waals surface area contributed by atoms with Crippen LogP contribution in [0.1, 0.15) is 24.5 Å². The Labute approximate surface area is 791 Å². The van der Waals surface area contributed by atoms with Crippen molar-refractivity contribution in [1.82, 2.24) is 105 Å². The normalized spacial score (nSPS) is 12.0. The van der Waals surface area contributed by atoms with E-state index in [0.717, 1.165) is 164 Å². The van der Waals surface area contributed by atoms with Gasteiger partial charge in [0.2, 0.25) is 0 Å². The summed E-state index contributed by atoms with van der Waals surface area (Å²) >= 11 is 39.7. The molecule has 20 aromatic rings. The lowest BCUT2D eigenvalue weighted by Crippen LogP contribution is -2.38. The molecule has 1 saturated heterocycles. The second-order valence-electron chi connectivity index (χ2n) is 30.5. The molecule has 0 spiro atoms. The fraction of sp³-hybridized carbons (Fsp3) is 0.139. The third-order valence-electron chi connectivity index (χ3n) is 21.9. The van der Waals surface area contributed by atoms with Crippen LogP contribution in [0.2, 0.25) is 30.1 Å². The highest BCUT2D eigenvalue weighted by Gasteiger charge is 2.32. The number of hydrogen-bond acceptors (Lipinski definition) is 18. The third kappa shape index (κ3) is 19.6. The zero-order chi connectivity index (χ0) is 92.4. The first kappa shape index (κ1) is 90.7. The number of aryl methyl sites for hydroxylation is 4. The molecule has 0 amide bonds. The van der Waals surface area contributed by atoms with E-state index < -0.39 is 11.7 Å². The highest BCUT2D eigenvalue weighted by molar-refractivity contribution is 6.41. The zero-order valence-corrected chi connectivity index (χ0v) is 76.7. The summed E-state index contributed by atoms with van der Waals surface area (Å²) in [5, 5.41) is 73.3. The van der Waals surface area contributed by atoms with Crippen molar-refractivity contribution >= 4 is 125 Å². The molecule has 11 heterocycles. The molecule has 133 heavy (non-hydrogen) atoms. The largest absolute Gasteiger partial charge is 0.497 e. The van der Waals surface area contributed by atoms with Crippen molar-refractivity contribution < 1.29 is 22.6 Å². The minimum Gasteiger partial charge on any atom is -0.497 e. The van der Waals surface area contributed by atoms with Crippen LogP contribution in [0.5, 0.6) is 5.75 Å². The van der Waals surface area contributed by atoms with Crippen molar-refractivity contribution in [3.8, 4) is 130 Å². The Bertz CT molecular complexity index is 7630. The monoisotopic (exact) mass is 1880 g/mol. The molecular formula is C101H78Cl6F3N21O2. The average Bonchev–Trinajstić information content (AvgIpc) is 1.22. The molecule has 0 aliphatic carbocycles. The van der Waals surface area contributed by atoms with Gasteiger partial charge in [-0.05, 0) is 60.7 Å². The lowest BCUT2D eigenvalue weighted by atomic mass is 10.0. The Hall–Kier alpha value is -14.2. The van der Waals surface area contributed by atoms with Crippen molar-refractivity contribution in [3.63, 3.8) is 0 Å². The molecule has 32 heteroatoms. The first-order valence-electron chi connectivity index (χ1n) is 42.0. The van der Waals surface area contributed by atoms with Crippen LogP contribution in [0.25, 0.3) is 168 Å². The second kappa shape index (κ2) is 40.6. The maximum atomic E-state index is 13.0. The molecule has 0 saturated carbocycles. The van der Waals surface area contributed by atoms with Gasteiger partial charge >= 0.3 is 6.18 Å². The fourth-order valence-corrected chi connectivity index (χ4v) is 17.0. The van der Waals surface area contributed by atoms with Crippen LogP contribution in [-0.2, 0) is 45.6 Å². The van der Waals surface area contributed by atoms with E-state index in [0.29, 0.717) is 87.2 Å². The molecule has 21 rings (SSSR count). The Morgan fingerprint density at radius 3 is 0.992 bits per heavy atom. The number of nitrogens with zero attached hydrogens (tertiary/aromatic N) is 21. The van der Waals surface area contributed by atoms with Gasteiger partial charge in [-0.15, -0.1) is 51.0 Å². The molecule has 0 radical (unpaired) electrons. The van der Waals surface area contributed by atoms with Gasteiger partial charge in [0.15, 0.2) is 28.2 Å². The molecule has 1 fully saturated rings. The van der Waals surface area contributed by atoms with Gasteiger partial charge in [0.1, 0.15) is 62.7 Å². The fourth-order valence-electron chi connectivity index (χ4n) is 15.2. The molecule has 1 aliphatic rings. The van der Waals surface area contributed by atoms with E-state index in [1.165, 1.54) is 12.1 Å². The van der Waals surface area contributed by atoms with Crippen molar-refractivity contribution in [2.45, 2.75) is 26.1 Å². The molecule has 10 aromatic heterocycles. The van der Waals surface area contributed by atoms with Gasteiger partial charge in [-0.1, -0.05) is 307 Å². The summed E-state index contributed by atoms with van der Waals surface area (Å²) in [7, 11) is 8.87. The summed E-state index contributed by atoms with van der Waals surface area (Å²) in [6.45, 7) is 7.08. The standard InChI is InChI=1S/C23H22ClN5O.C22H17ClN4.C19H12ClF3N4.C19H15ClN4O.C18H12Cl2N4/c24-20-19-21(17-7-3-1-4-8-17)27-29(12-11-28-13-15-30-16-14-28)23(19)26-25-22(20)18-9-5-2-6-10-18;1-3-4-9-15-10-8-13-17(14-15)20-18-19(23)21(16-11-6-5-7-12-16)24-25-22(18)27(2)26-20;1-27-18-14(16(26-27)11-6-3-2-4-7-11)15(20)17(24-25-18)12-8-5-9-13(10-12)19(21,22)23;1-24-19-15(17(23-24)13-8-10-14(25-2)11-9-13)16(20)18(21-22-19)12-6-4-3-5-7-12;1-24-18-14(16(23-24)12-7-9-13(19)10-8-12)15(20)17(21-22-18)11-5-3-2-4-6-11/h1-10H,11-16H2;5-8,10-14H,3H2,1-2H3;2-10H,1H3;3-11H,1-2H3;2-10H,1H3. The lowest BCUT2D eigenvalue weighted by Gasteiger charge is -2.26. The van der Waals surface area contributed by atoms with Gasteiger partial charge < -0.3 is 9.47 Å². The van der Waals surface area contributed by atoms with Crippen LogP contribution in [0.3, 0.4) is 0 Å². The quantitative estimate of drug-likeness (QED) is 0.0919. The summed E-state index contributed by atoms with van der Waals surface area (Å²) in [5.41, 5.74) is 18.5. The molecule has 662 valence electrons. The number of methoxy groups -OCH3 is 1. The van der Waals surface area contributed by atoms with E-state index in [-0.39, 0.29) is 16.3 Å². The van der Waals surface area contributed by atoms with Gasteiger partial charge in [0.25, 0.3) is 0 Å². The van der Waals surface area contributed by atoms with Gasteiger partial charge in [0.05, 0.1) is 84.5 Å². The van der Waals surface area contributed by atoms with E-state index >= 15 is 0 Å². The first-order valence-corrected chi connectivity index (χ1v) is 44.2. The van der Waals surface area contributed by atoms with E-state index in [9.17, 15) is 13.2 Å². The summed E-state index contributed by atoms with van der Waals surface area (Å²) in [4.78, 5) is 2.38. The number of fused-ring (bicyclic) bond motifs is 5. The lowest BCUT2D eigenvalue weighted by molar-refractivity contribution is -0.137. The molecule has 10 aromatic carbocycles. The first-order chi connectivity index (χ1) is 64.7. The van der Waals surface area contributed by atoms with Gasteiger partial charge in [-0.25, -0.2) is 23.4 Å². The molecule has 0 bridgehead atoms. The number of ether oxygens (including phenoxy) is 2. The van der Waals surface area contributed by atoms with E-state index in [1.807, 2.05) is 288 Å². The maximum Gasteiger partial charge on any atom is 0.416 e. The number of rotatable bonds is 14. The SMILES string of the molecule is CCC#Cc1cccc(-c2nn(C)c3nnc(-c4ccccc4)c(Cl)c23)c1.COc1ccc(-c2nn(C)c3nnc(-c4ccccc4)c(Cl)c23)cc1.Clc1c(-c2ccccc2)nnc2c1c(-c1ccccc1)nn2CCN1CCOCC1.Cn1nc(-c2ccc(Cl)cc2)c2c(Cl)c(-c3ccccc3)nnc21.Cn1nc(-c2ccccc2)c2c(Cl)c(-c3cccc(C(F)(F)F)c3)nnc21. The minimum atomic E-state index is -4.45. The van der Waals surface area contributed by atoms with Gasteiger partial charge in [0, 0.05) is 120 Å². The van der Waals surface area contributed by atoms with E-state index in [2.05, 4.69) is 88.1 Å². The topological polar surface area (TPSA) is 240 Å². The van der Waals surface area contributed by atoms with Crippen LogP contribution in [0.4, 0.5) is 13.2 Å². The average molecular weight is 1890 g/mol. The summed E-state index contributed by atoms with van der Waals surface area (Å²) in [6, 6.07) is 86.8. The number of benzene rings is 10. The van der Waals surface area contributed by atoms with Gasteiger partial charge in [-0.2, -0.15) is 38.7 Å². The van der Waals surface area contributed by atoms with Crippen molar-refractivity contribution in [1.29, 1.82) is 0 Å². The van der Waals surface area contributed by atoms with Crippen molar-refractivity contribution in [2.24, 2.45) is 28.2 Å². The third-order valence-corrected chi connectivity index (χ3v) is 24.0. The number of aromatic nitrogens is 20. The summed E-state index contributed by atoms with van der Waals surface area (Å²) < 4.78 is 58.4. The number of halogens is 9. The van der Waals surface area contributed by atoms with Crippen LogP contribution < -0.4 is 4.74 Å². The molecule has 0 N–H and O–H groups in total. The predicted molar refractivity (Wildman–Crippen MR) is 521 cm³/mol. The smallest absolute Gasteiger partial charge is 0.416 e. The minimum absolute atomic E-state index is 0.181. The molecular weight excluding hydrogens is 1810 g/mol. The molecule has 0 unspecified atom stereocenters. The Morgan fingerprint density at radius 1 is 0.331 bits per heavy atom. The Morgan fingerprint density at radius 2 is 0.632 bits per heavy atom.